The van der Waals surface area contributed by atoms with Crippen LogP contribution in [0.15, 0.2) is 29.4 Å². The van der Waals surface area contributed by atoms with E-state index >= 15 is 0 Å². The summed E-state index contributed by atoms with van der Waals surface area (Å²) in [5, 5.41) is 4.15. The highest BCUT2D eigenvalue weighted by Crippen LogP contribution is 2.05. The Morgan fingerprint density at radius 3 is 2.74 bits per heavy atom. The molecular weight excluding hydrogens is 236 g/mol. The van der Waals surface area contributed by atoms with Crippen LogP contribution in [0.5, 0.6) is 0 Å². The van der Waals surface area contributed by atoms with Crippen molar-refractivity contribution in [2.75, 3.05) is 0 Å². The van der Waals surface area contributed by atoms with E-state index in [0.717, 1.165) is 24.1 Å². The summed E-state index contributed by atoms with van der Waals surface area (Å²) in [5.74, 6) is 0.00288. The lowest BCUT2D eigenvalue weighted by molar-refractivity contribution is -0.121. The van der Waals surface area contributed by atoms with E-state index in [0.29, 0.717) is 6.42 Å². The molecule has 0 aliphatic rings. The third-order valence-corrected chi connectivity index (χ3v) is 3.04. The average molecular weight is 260 g/mol. The Balaban J connectivity index is 2.41. The van der Waals surface area contributed by atoms with E-state index < -0.39 is 0 Å². The second-order valence-corrected chi connectivity index (χ2v) is 4.91. The second-order valence-electron chi connectivity index (χ2n) is 4.91. The smallest absolute Gasteiger partial charge is 0.240 e. The zero-order valence-corrected chi connectivity index (χ0v) is 12.2. The number of aryl methyl sites for hydroxylation is 1. The van der Waals surface area contributed by atoms with E-state index in [-0.39, 0.29) is 5.91 Å². The number of carbonyl (C=O) groups excluding carboxylic acids is 1. The van der Waals surface area contributed by atoms with Gasteiger partial charge in [0.2, 0.25) is 5.91 Å². The molecule has 1 N–H and O–H groups in total. The highest BCUT2D eigenvalue weighted by molar-refractivity contribution is 5.99. The molecule has 0 aromatic heterocycles. The van der Waals surface area contributed by atoms with Crippen molar-refractivity contribution in [3.05, 3.63) is 35.4 Å². The van der Waals surface area contributed by atoms with E-state index in [1.54, 1.807) is 0 Å². The Morgan fingerprint density at radius 2 is 2.05 bits per heavy atom. The number of hydrazone groups is 1. The van der Waals surface area contributed by atoms with Crippen LogP contribution in [0.1, 0.15) is 57.1 Å². The van der Waals surface area contributed by atoms with Gasteiger partial charge in [-0.25, -0.2) is 5.43 Å². The maximum atomic E-state index is 11.6. The maximum Gasteiger partial charge on any atom is 0.240 e. The molecule has 104 valence electrons. The zero-order chi connectivity index (χ0) is 14.1. The molecule has 1 aromatic rings. The summed E-state index contributed by atoms with van der Waals surface area (Å²) >= 11 is 0. The molecule has 3 nitrogen and oxygen atoms in total. The number of hydrogen-bond acceptors (Lipinski definition) is 2. The molecule has 0 spiro atoms. The normalized spacial score (nSPS) is 11.4. The summed E-state index contributed by atoms with van der Waals surface area (Å²) in [6.45, 7) is 6.12. The summed E-state index contributed by atoms with van der Waals surface area (Å²) in [5.41, 5.74) is 5.70. The number of nitrogens with zero attached hydrogens (tertiary/aromatic N) is 1. The second kappa shape index (κ2) is 8.46. The van der Waals surface area contributed by atoms with Gasteiger partial charge < -0.3 is 0 Å². The third-order valence-electron chi connectivity index (χ3n) is 3.04. The van der Waals surface area contributed by atoms with Gasteiger partial charge in [0.15, 0.2) is 0 Å². The fourth-order valence-electron chi connectivity index (χ4n) is 1.85. The molecule has 3 heteroatoms. The number of amides is 1. The van der Waals surface area contributed by atoms with Crippen molar-refractivity contribution in [3.8, 4) is 0 Å². The molecule has 0 aliphatic carbocycles. The van der Waals surface area contributed by atoms with E-state index in [4.69, 9.17) is 0 Å². The fourth-order valence-corrected chi connectivity index (χ4v) is 1.85. The summed E-state index contributed by atoms with van der Waals surface area (Å²) in [7, 11) is 0. The SMILES string of the molecule is CCCCCCC(=O)N/N=C(\C)c1cccc(C)c1. The van der Waals surface area contributed by atoms with Crippen molar-refractivity contribution in [2.24, 2.45) is 5.10 Å². The molecule has 0 aliphatic heterocycles. The molecule has 19 heavy (non-hydrogen) atoms. The lowest BCUT2D eigenvalue weighted by Gasteiger charge is -2.04. The molecule has 0 bridgehead atoms. The molecule has 0 heterocycles. The lowest BCUT2D eigenvalue weighted by Crippen LogP contribution is -2.18. The van der Waals surface area contributed by atoms with Gasteiger partial charge in [0, 0.05) is 6.42 Å². The van der Waals surface area contributed by atoms with Gasteiger partial charge in [-0.1, -0.05) is 56.0 Å². The Hall–Kier alpha value is -1.64. The molecule has 1 rings (SSSR count). The van der Waals surface area contributed by atoms with Crippen molar-refractivity contribution in [1.29, 1.82) is 0 Å². The zero-order valence-electron chi connectivity index (χ0n) is 12.2. The molecule has 1 aromatic carbocycles. The monoisotopic (exact) mass is 260 g/mol. The predicted molar refractivity (Wildman–Crippen MR) is 80.3 cm³/mol. The van der Waals surface area contributed by atoms with E-state index in [1.165, 1.54) is 18.4 Å². The lowest BCUT2D eigenvalue weighted by atomic mass is 10.1. The van der Waals surface area contributed by atoms with Gasteiger partial charge in [0.05, 0.1) is 5.71 Å². The number of rotatable bonds is 7. The first-order valence-electron chi connectivity index (χ1n) is 7.03. The highest BCUT2D eigenvalue weighted by atomic mass is 16.2. The number of benzene rings is 1. The number of nitrogens with one attached hydrogen (secondary N) is 1. The van der Waals surface area contributed by atoms with Gasteiger partial charge in [-0.2, -0.15) is 5.10 Å². The summed E-state index contributed by atoms with van der Waals surface area (Å²) in [6, 6.07) is 8.10. The fraction of sp³-hybridized carbons (Fsp3) is 0.500. The van der Waals surface area contributed by atoms with Crippen LogP contribution in [0.4, 0.5) is 0 Å². The Kier molecular flexibility index (Phi) is 6.86. The minimum absolute atomic E-state index is 0.00288. The van der Waals surface area contributed by atoms with Crippen LogP contribution in [0.25, 0.3) is 0 Å². The Morgan fingerprint density at radius 1 is 1.26 bits per heavy atom. The molecule has 0 radical (unpaired) electrons. The maximum absolute atomic E-state index is 11.6. The minimum Gasteiger partial charge on any atom is -0.273 e. The third kappa shape index (κ3) is 6.18. The largest absolute Gasteiger partial charge is 0.273 e. The van der Waals surface area contributed by atoms with E-state index in [9.17, 15) is 4.79 Å². The first-order valence-corrected chi connectivity index (χ1v) is 7.03. The minimum atomic E-state index is 0.00288. The standard InChI is InChI=1S/C16H24N2O/c1-4-5-6-7-11-16(19)18-17-14(3)15-10-8-9-13(2)12-15/h8-10,12H,4-7,11H2,1-3H3,(H,18,19)/b17-14+. The number of carbonyl (C=O) groups is 1. The van der Waals surface area contributed by atoms with Gasteiger partial charge in [0.25, 0.3) is 0 Å². The quantitative estimate of drug-likeness (QED) is 0.452. The van der Waals surface area contributed by atoms with Crippen molar-refractivity contribution < 1.29 is 4.79 Å². The Bertz CT molecular complexity index is 438. The van der Waals surface area contributed by atoms with Crippen molar-refractivity contribution in [2.45, 2.75) is 52.9 Å². The van der Waals surface area contributed by atoms with Crippen LogP contribution < -0.4 is 5.43 Å². The predicted octanol–water partition coefficient (Wildman–Crippen LogP) is 3.81. The van der Waals surface area contributed by atoms with Crippen LogP contribution in [0.3, 0.4) is 0 Å². The Labute approximate surface area is 116 Å². The molecule has 0 saturated heterocycles. The van der Waals surface area contributed by atoms with Crippen molar-refractivity contribution in [1.82, 2.24) is 5.43 Å². The van der Waals surface area contributed by atoms with Crippen LogP contribution >= 0.6 is 0 Å². The average Bonchev–Trinajstić information content (AvgIpc) is 2.41. The molecule has 0 atom stereocenters. The molecule has 0 fully saturated rings. The first kappa shape index (κ1) is 15.4. The van der Waals surface area contributed by atoms with Gasteiger partial charge in [-0.05, 0) is 25.8 Å². The van der Waals surface area contributed by atoms with Gasteiger partial charge in [-0.15, -0.1) is 0 Å². The molecular formula is C16H24N2O. The summed E-state index contributed by atoms with van der Waals surface area (Å²) in [4.78, 5) is 11.6. The van der Waals surface area contributed by atoms with Gasteiger partial charge in [0.1, 0.15) is 0 Å². The van der Waals surface area contributed by atoms with Crippen molar-refractivity contribution in [3.63, 3.8) is 0 Å². The highest BCUT2D eigenvalue weighted by Gasteiger charge is 2.01. The van der Waals surface area contributed by atoms with Crippen LogP contribution in [-0.2, 0) is 4.79 Å². The van der Waals surface area contributed by atoms with Gasteiger partial charge >= 0.3 is 0 Å². The molecule has 1 amide bonds. The van der Waals surface area contributed by atoms with Crippen LogP contribution in [0, 0.1) is 6.92 Å². The van der Waals surface area contributed by atoms with Crippen LogP contribution in [-0.4, -0.2) is 11.6 Å². The molecule has 0 saturated carbocycles. The topological polar surface area (TPSA) is 41.5 Å². The number of hydrogen-bond donors (Lipinski definition) is 1. The first-order chi connectivity index (χ1) is 9.13. The summed E-state index contributed by atoms with van der Waals surface area (Å²) in [6.07, 6.45) is 5.00. The molecule has 0 unspecified atom stereocenters. The summed E-state index contributed by atoms with van der Waals surface area (Å²) < 4.78 is 0. The van der Waals surface area contributed by atoms with E-state index in [2.05, 4.69) is 23.5 Å². The number of unbranched alkanes of at least 4 members (excludes halogenated alkanes) is 3. The van der Waals surface area contributed by atoms with Crippen LogP contribution in [0.2, 0.25) is 0 Å². The van der Waals surface area contributed by atoms with Gasteiger partial charge in [-0.3, -0.25) is 4.79 Å². The van der Waals surface area contributed by atoms with Crippen molar-refractivity contribution >= 4 is 11.6 Å². The van der Waals surface area contributed by atoms with E-state index in [1.807, 2.05) is 32.0 Å².